The second-order valence-electron chi connectivity index (χ2n) is 4.35. The first-order chi connectivity index (χ1) is 9.63. The molecule has 0 aromatic carbocycles. The molecule has 6 heteroatoms. The Labute approximate surface area is 117 Å². The summed E-state index contributed by atoms with van der Waals surface area (Å²) in [6.07, 6.45) is 2.55. The quantitative estimate of drug-likeness (QED) is 0.816. The maximum Gasteiger partial charge on any atom is 0.341 e. The van der Waals surface area contributed by atoms with Crippen molar-refractivity contribution in [2.24, 2.45) is 0 Å². The molecule has 0 aliphatic rings. The fraction of sp³-hybridized carbons (Fsp3) is 0.429. The number of furan rings is 1. The van der Waals surface area contributed by atoms with E-state index in [0.717, 1.165) is 12.2 Å². The van der Waals surface area contributed by atoms with Crippen LogP contribution in [0.15, 0.2) is 21.1 Å². The third-order valence-corrected chi connectivity index (χ3v) is 2.90. The van der Waals surface area contributed by atoms with Gasteiger partial charge in [0, 0.05) is 6.42 Å². The van der Waals surface area contributed by atoms with E-state index in [9.17, 15) is 4.79 Å². The lowest BCUT2D eigenvalue weighted by Gasteiger charge is -1.98. The summed E-state index contributed by atoms with van der Waals surface area (Å²) in [5.41, 5.74) is 0.452. The molecule has 108 valence electrons. The predicted octanol–water partition coefficient (Wildman–Crippen LogP) is 2.21. The summed E-state index contributed by atoms with van der Waals surface area (Å²) < 4.78 is 15.6. The van der Waals surface area contributed by atoms with Crippen LogP contribution < -0.4 is 5.32 Å². The molecule has 0 atom stereocenters. The highest BCUT2D eigenvalue weighted by Crippen LogP contribution is 2.15. The van der Waals surface area contributed by atoms with Crippen LogP contribution in [0.2, 0.25) is 0 Å². The average Bonchev–Trinajstić information content (AvgIpc) is 3.05. The van der Waals surface area contributed by atoms with Gasteiger partial charge in [0.25, 0.3) is 0 Å². The summed E-state index contributed by atoms with van der Waals surface area (Å²) in [6.45, 7) is 4.74. The van der Waals surface area contributed by atoms with Gasteiger partial charge in [-0.3, -0.25) is 0 Å². The lowest BCUT2D eigenvalue weighted by atomic mass is 10.2. The van der Waals surface area contributed by atoms with Crippen LogP contribution in [-0.2, 0) is 24.2 Å². The van der Waals surface area contributed by atoms with E-state index in [4.69, 9.17) is 8.83 Å². The number of carbonyl (C=O) groups excluding carboxylic acids is 1. The maximum atomic E-state index is 11.5. The van der Waals surface area contributed by atoms with Gasteiger partial charge in [-0.05, 0) is 13.0 Å². The Morgan fingerprint density at radius 1 is 1.35 bits per heavy atom. The normalized spacial score (nSPS) is 10.8. The highest BCUT2D eigenvalue weighted by atomic mass is 16.5. The number of nitrogens with one attached hydrogen (secondary N) is 1. The Morgan fingerprint density at radius 2 is 2.15 bits per heavy atom. The van der Waals surface area contributed by atoms with Crippen molar-refractivity contribution >= 4 is 5.97 Å². The zero-order valence-corrected chi connectivity index (χ0v) is 11.9. The van der Waals surface area contributed by atoms with Gasteiger partial charge in [0.15, 0.2) is 0 Å². The molecule has 6 nitrogen and oxygen atoms in total. The largest absolute Gasteiger partial charge is 0.465 e. The molecule has 0 bridgehead atoms. The topological polar surface area (TPSA) is 77.5 Å². The smallest absolute Gasteiger partial charge is 0.341 e. The van der Waals surface area contributed by atoms with Crippen LogP contribution >= 0.6 is 0 Å². The number of rotatable bonds is 6. The van der Waals surface area contributed by atoms with Gasteiger partial charge >= 0.3 is 5.97 Å². The van der Waals surface area contributed by atoms with Crippen molar-refractivity contribution in [1.29, 1.82) is 0 Å². The van der Waals surface area contributed by atoms with E-state index in [1.165, 1.54) is 7.11 Å². The number of nitrogens with zero attached hydrogens (tertiary/aromatic N) is 1. The highest BCUT2D eigenvalue weighted by Gasteiger charge is 2.15. The van der Waals surface area contributed by atoms with Crippen LogP contribution in [0.1, 0.15) is 40.5 Å². The van der Waals surface area contributed by atoms with Crippen molar-refractivity contribution in [3.63, 3.8) is 0 Å². The minimum atomic E-state index is -0.391. The van der Waals surface area contributed by atoms with E-state index in [1.54, 1.807) is 19.2 Å². The van der Waals surface area contributed by atoms with Crippen LogP contribution in [0.3, 0.4) is 0 Å². The van der Waals surface area contributed by atoms with E-state index in [0.29, 0.717) is 36.1 Å². The number of carbonyl (C=O) groups is 1. The molecule has 0 amide bonds. The minimum Gasteiger partial charge on any atom is -0.465 e. The molecule has 2 heterocycles. The molecule has 0 unspecified atom stereocenters. The monoisotopic (exact) mass is 278 g/mol. The third-order valence-electron chi connectivity index (χ3n) is 2.90. The van der Waals surface area contributed by atoms with Gasteiger partial charge in [0.2, 0.25) is 5.89 Å². The molecule has 0 saturated heterocycles. The number of aromatic nitrogens is 1. The second-order valence-corrected chi connectivity index (χ2v) is 4.35. The van der Waals surface area contributed by atoms with Crippen LogP contribution in [0.5, 0.6) is 0 Å². The third kappa shape index (κ3) is 3.27. The van der Waals surface area contributed by atoms with E-state index >= 15 is 0 Å². The maximum absolute atomic E-state index is 11.5. The van der Waals surface area contributed by atoms with E-state index in [2.05, 4.69) is 15.0 Å². The fourth-order valence-corrected chi connectivity index (χ4v) is 1.83. The van der Waals surface area contributed by atoms with Crippen LogP contribution in [0.25, 0.3) is 0 Å². The standard InChI is InChI=1S/C14H18N2O4/c1-4-10-7-16-13(20-10)8-15-6-11-5-12(9(2)19-11)14(17)18-3/h5,7,15H,4,6,8H2,1-3H3. The number of hydrogen-bond donors (Lipinski definition) is 1. The lowest BCUT2D eigenvalue weighted by Crippen LogP contribution is -2.12. The van der Waals surface area contributed by atoms with Gasteiger partial charge < -0.3 is 18.9 Å². The summed E-state index contributed by atoms with van der Waals surface area (Å²) in [6, 6.07) is 1.68. The zero-order valence-electron chi connectivity index (χ0n) is 11.9. The fourth-order valence-electron chi connectivity index (χ4n) is 1.83. The lowest BCUT2D eigenvalue weighted by molar-refractivity contribution is 0.0599. The summed E-state index contributed by atoms with van der Waals surface area (Å²) in [4.78, 5) is 15.6. The van der Waals surface area contributed by atoms with Crippen LogP contribution in [0, 0.1) is 6.92 Å². The minimum absolute atomic E-state index is 0.391. The van der Waals surface area contributed by atoms with Crippen molar-refractivity contribution < 1.29 is 18.4 Å². The number of hydrogen-bond acceptors (Lipinski definition) is 6. The zero-order chi connectivity index (χ0) is 14.5. The van der Waals surface area contributed by atoms with Gasteiger partial charge in [0.05, 0.1) is 26.4 Å². The van der Waals surface area contributed by atoms with E-state index < -0.39 is 5.97 Å². The van der Waals surface area contributed by atoms with Crippen molar-refractivity contribution in [2.45, 2.75) is 33.4 Å². The molecule has 1 N–H and O–H groups in total. The first kappa shape index (κ1) is 14.3. The molecular formula is C14H18N2O4. The summed E-state index contributed by atoms with van der Waals surface area (Å²) in [5.74, 6) is 2.34. The van der Waals surface area contributed by atoms with Crippen LogP contribution in [-0.4, -0.2) is 18.1 Å². The van der Waals surface area contributed by atoms with Gasteiger partial charge in [-0.2, -0.15) is 0 Å². The van der Waals surface area contributed by atoms with Crippen molar-refractivity contribution in [2.75, 3.05) is 7.11 Å². The molecule has 0 radical (unpaired) electrons. The SMILES string of the molecule is CCc1cnc(CNCc2cc(C(=O)OC)c(C)o2)o1. The Hall–Kier alpha value is -2.08. The molecular weight excluding hydrogens is 260 g/mol. The Bertz CT molecular complexity index is 586. The molecule has 2 aromatic rings. The number of aryl methyl sites for hydroxylation is 2. The second kappa shape index (κ2) is 6.38. The van der Waals surface area contributed by atoms with Gasteiger partial charge in [0.1, 0.15) is 22.8 Å². The number of esters is 1. The van der Waals surface area contributed by atoms with Gasteiger partial charge in [-0.15, -0.1) is 0 Å². The molecule has 2 aromatic heterocycles. The first-order valence-electron chi connectivity index (χ1n) is 6.46. The Morgan fingerprint density at radius 3 is 2.80 bits per heavy atom. The number of methoxy groups -OCH3 is 1. The summed E-state index contributed by atoms with van der Waals surface area (Å²) >= 11 is 0. The molecule has 0 spiro atoms. The Balaban J connectivity index is 1.89. The molecule has 0 aliphatic carbocycles. The van der Waals surface area contributed by atoms with Crippen LogP contribution in [0.4, 0.5) is 0 Å². The van der Waals surface area contributed by atoms with Gasteiger partial charge in [-0.1, -0.05) is 6.92 Å². The average molecular weight is 278 g/mol. The molecule has 20 heavy (non-hydrogen) atoms. The summed E-state index contributed by atoms with van der Waals surface area (Å²) in [5, 5.41) is 3.15. The molecule has 0 aliphatic heterocycles. The Kier molecular flexibility index (Phi) is 4.57. The molecule has 2 rings (SSSR count). The highest BCUT2D eigenvalue weighted by molar-refractivity contribution is 5.90. The molecule has 0 saturated carbocycles. The van der Waals surface area contributed by atoms with Gasteiger partial charge in [-0.25, -0.2) is 9.78 Å². The first-order valence-corrected chi connectivity index (χ1v) is 6.46. The van der Waals surface area contributed by atoms with Crippen molar-refractivity contribution in [1.82, 2.24) is 10.3 Å². The van der Waals surface area contributed by atoms with E-state index in [1.807, 2.05) is 6.92 Å². The summed E-state index contributed by atoms with van der Waals surface area (Å²) in [7, 11) is 1.35. The molecule has 0 fully saturated rings. The number of ether oxygens (including phenoxy) is 1. The van der Waals surface area contributed by atoms with E-state index in [-0.39, 0.29) is 0 Å². The predicted molar refractivity (Wildman–Crippen MR) is 71.2 cm³/mol. The van der Waals surface area contributed by atoms with Crippen molar-refractivity contribution in [3.05, 3.63) is 41.0 Å². The van der Waals surface area contributed by atoms with Crippen molar-refractivity contribution in [3.8, 4) is 0 Å². The number of oxazole rings is 1.